The molecule has 0 rings (SSSR count). The molecule has 0 unspecified atom stereocenters. The number of aliphatic hydroxyl groups excluding tert-OH is 3. The van der Waals surface area contributed by atoms with Crippen molar-refractivity contribution in [2.45, 2.75) is 116 Å². The Labute approximate surface area is 344 Å². The second-order valence-electron chi connectivity index (χ2n) is 14.4. The maximum Gasteiger partial charge on any atom is 0.460 e. The first-order valence-electron chi connectivity index (χ1n) is 14.5. The Morgan fingerprint density at radius 3 is 0.534 bits per heavy atom. The molecule has 28 heteroatoms. The average Bonchev–Trinajstić information content (AvgIpc) is 2.93. The van der Waals surface area contributed by atoms with E-state index in [9.17, 15) is 107 Å². The first kappa shape index (κ1) is 62.1. The molecule has 3 N–H and O–H groups in total. The number of halogens is 21. The Kier molecular flexibility index (Phi) is 20.3. The molecule has 0 radical (unpaired) electrons. The van der Waals surface area contributed by atoms with Gasteiger partial charge in [-0.05, 0) is 0 Å². The SMILES string of the molecule is CC(C)(C)C(=O)/C=C(\O)C(F)(F)C(F)(F)C(F)(F)F.CC(C)(C)C(=O)/C=C(\O)C(F)(F)C(F)(F)C(F)(F)F.CC(C)(C)C(=O)/C=C(\O)C(F)(F)C(F)(F)C(F)(F)F.[Dy]. The second kappa shape index (κ2) is 19.0. The third kappa shape index (κ3) is 14.9. The van der Waals surface area contributed by atoms with Gasteiger partial charge in [-0.2, -0.15) is 92.2 Å². The summed E-state index contributed by atoms with van der Waals surface area (Å²) < 4.78 is 259. The summed E-state index contributed by atoms with van der Waals surface area (Å²) in [5.74, 6) is -48.8. The van der Waals surface area contributed by atoms with Gasteiger partial charge in [-0.3, -0.25) is 14.4 Å². The summed E-state index contributed by atoms with van der Waals surface area (Å²) in [6, 6.07) is 0. The fourth-order valence-corrected chi connectivity index (χ4v) is 2.31. The minimum atomic E-state index is -6.57. The molecule has 0 aliphatic rings. The summed E-state index contributed by atoms with van der Waals surface area (Å²) in [5, 5.41) is 26.2. The summed E-state index contributed by atoms with van der Waals surface area (Å²) in [6.07, 6.45) is -20.7. The van der Waals surface area contributed by atoms with E-state index >= 15 is 0 Å². The van der Waals surface area contributed by atoms with Crippen LogP contribution in [0, 0.1) is 54.4 Å². The Morgan fingerprint density at radius 2 is 0.448 bits per heavy atom. The topological polar surface area (TPSA) is 112 Å². The molecule has 0 saturated carbocycles. The molecule has 0 fully saturated rings. The van der Waals surface area contributed by atoms with Gasteiger partial charge in [0, 0.05) is 72.6 Å². The molecule has 0 aliphatic heterocycles. The van der Waals surface area contributed by atoms with Crippen LogP contribution in [0.3, 0.4) is 0 Å². The number of rotatable bonds is 9. The van der Waals surface area contributed by atoms with E-state index in [1.165, 1.54) is 62.3 Å². The standard InChI is InChI=1S/3C10H11F7O2.Dy/c3*1-7(2,3)5(18)4-6(19)8(11,12)9(13,14)10(15,16)17;/h3*4,19H,1-3H3;/b3*6-4-;. The van der Waals surface area contributed by atoms with Crippen LogP contribution >= 0.6 is 0 Å². The van der Waals surface area contributed by atoms with Gasteiger partial charge in [0.25, 0.3) is 0 Å². The molecular weight excluding hydrogens is 1020 g/mol. The van der Waals surface area contributed by atoms with E-state index in [0.29, 0.717) is 0 Å². The quantitative estimate of drug-likeness (QED) is 0.120. The van der Waals surface area contributed by atoms with E-state index in [1.54, 1.807) is 0 Å². The number of allylic oxidation sites excluding steroid dienone is 6. The van der Waals surface area contributed by atoms with Crippen molar-refractivity contribution in [3.8, 4) is 0 Å². The van der Waals surface area contributed by atoms with Crippen LogP contribution in [-0.4, -0.2) is 86.7 Å². The Morgan fingerprint density at radius 1 is 0.328 bits per heavy atom. The van der Waals surface area contributed by atoms with Crippen molar-refractivity contribution in [2.75, 3.05) is 0 Å². The Hall–Kier alpha value is -2.57. The maximum atomic E-state index is 12.9. The molecule has 6 nitrogen and oxygen atoms in total. The zero-order chi connectivity index (χ0) is 47.6. The monoisotopic (exact) mass is 1050 g/mol. The number of carbonyl (C=O) groups excluding carboxylic acids is 3. The van der Waals surface area contributed by atoms with Gasteiger partial charge >= 0.3 is 54.1 Å². The predicted molar refractivity (Wildman–Crippen MR) is 153 cm³/mol. The smallest absolute Gasteiger partial charge is 0.460 e. The van der Waals surface area contributed by atoms with Gasteiger partial charge in [-0.15, -0.1) is 0 Å². The van der Waals surface area contributed by atoms with E-state index in [4.69, 9.17) is 15.3 Å². The van der Waals surface area contributed by atoms with Crippen LogP contribution in [0.2, 0.25) is 0 Å². The fourth-order valence-electron chi connectivity index (χ4n) is 2.31. The molecular formula is C30H33DyF21O6. The van der Waals surface area contributed by atoms with Crippen molar-refractivity contribution >= 4 is 17.3 Å². The first-order valence-corrected chi connectivity index (χ1v) is 14.5. The molecule has 0 amide bonds. The molecule has 0 aromatic carbocycles. The van der Waals surface area contributed by atoms with Crippen LogP contribution in [0.15, 0.2) is 35.5 Å². The summed E-state index contributed by atoms with van der Waals surface area (Å²) in [7, 11) is 0. The maximum absolute atomic E-state index is 12.9. The third-order valence-electron chi connectivity index (χ3n) is 6.24. The van der Waals surface area contributed by atoms with Crippen molar-refractivity contribution in [3.05, 3.63) is 35.5 Å². The number of alkyl halides is 21. The minimum absolute atomic E-state index is 0. The van der Waals surface area contributed by atoms with E-state index in [2.05, 4.69) is 0 Å². The van der Waals surface area contributed by atoms with Gasteiger partial charge in [-0.25, -0.2) is 0 Å². The molecule has 0 spiro atoms. The van der Waals surface area contributed by atoms with Gasteiger partial charge in [0.1, 0.15) is 0 Å². The summed E-state index contributed by atoms with van der Waals surface area (Å²) >= 11 is 0. The number of carbonyl (C=O) groups is 3. The van der Waals surface area contributed by atoms with E-state index in [0.717, 1.165) is 0 Å². The van der Waals surface area contributed by atoms with Crippen molar-refractivity contribution in [3.63, 3.8) is 0 Å². The van der Waals surface area contributed by atoms with Crippen LogP contribution in [0.5, 0.6) is 0 Å². The van der Waals surface area contributed by atoms with Gasteiger partial charge in [0.15, 0.2) is 34.6 Å². The van der Waals surface area contributed by atoms with Crippen LogP contribution in [0.1, 0.15) is 62.3 Å². The molecule has 0 bridgehead atoms. The minimum Gasteiger partial charge on any atom is -0.506 e. The van der Waals surface area contributed by atoms with Crippen LogP contribution < -0.4 is 0 Å². The molecule has 0 aromatic rings. The van der Waals surface area contributed by atoms with Gasteiger partial charge in [0.2, 0.25) is 0 Å². The largest absolute Gasteiger partial charge is 0.506 e. The fraction of sp³-hybridized carbons (Fsp3) is 0.700. The predicted octanol–water partition coefficient (Wildman–Crippen LogP) is 11.6. The summed E-state index contributed by atoms with van der Waals surface area (Å²) in [5.41, 5.74) is -3.97. The van der Waals surface area contributed by atoms with Gasteiger partial charge in [0.05, 0.1) is 0 Å². The number of hydrogen-bond donors (Lipinski definition) is 3. The van der Waals surface area contributed by atoms with Crippen molar-refractivity contribution in [1.29, 1.82) is 0 Å². The van der Waals surface area contributed by atoms with Gasteiger partial charge in [-0.1, -0.05) is 62.3 Å². The first-order chi connectivity index (χ1) is 24.1. The summed E-state index contributed by atoms with van der Waals surface area (Å²) in [4.78, 5) is 33.6. The molecule has 0 atom stereocenters. The summed E-state index contributed by atoms with van der Waals surface area (Å²) in [6.45, 7) is 10.9. The van der Waals surface area contributed by atoms with Crippen LogP contribution in [0.25, 0.3) is 0 Å². The average molecular weight is 1050 g/mol. The number of aliphatic hydroxyl groups is 3. The van der Waals surface area contributed by atoms with E-state index < -0.39 is 105 Å². The van der Waals surface area contributed by atoms with Crippen LogP contribution in [-0.2, 0) is 14.4 Å². The van der Waals surface area contributed by atoms with Crippen molar-refractivity contribution in [1.82, 2.24) is 0 Å². The molecule has 0 saturated heterocycles. The number of ketones is 3. The Bertz CT molecular complexity index is 1350. The molecule has 58 heavy (non-hydrogen) atoms. The molecule has 0 aliphatic carbocycles. The Balaban J connectivity index is -0.000000374. The van der Waals surface area contributed by atoms with Crippen molar-refractivity contribution in [2.24, 2.45) is 16.2 Å². The third-order valence-corrected chi connectivity index (χ3v) is 6.24. The zero-order valence-corrected chi connectivity index (χ0v) is 32.6. The van der Waals surface area contributed by atoms with E-state index in [1.807, 2.05) is 0 Å². The van der Waals surface area contributed by atoms with Gasteiger partial charge < -0.3 is 15.3 Å². The second-order valence-corrected chi connectivity index (χ2v) is 14.4. The molecule has 0 aromatic heterocycles. The van der Waals surface area contributed by atoms with Crippen LogP contribution in [0.4, 0.5) is 92.2 Å². The number of hydrogen-bond acceptors (Lipinski definition) is 6. The molecule has 0 heterocycles. The van der Waals surface area contributed by atoms with E-state index in [-0.39, 0.29) is 56.4 Å². The molecule has 346 valence electrons. The normalized spacial score (nSPS) is 15.3. The van der Waals surface area contributed by atoms with Crippen molar-refractivity contribution < 1.29 is 160 Å². The zero-order valence-electron chi connectivity index (χ0n) is 30.6.